The Bertz CT molecular complexity index is 672. The van der Waals surface area contributed by atoms with Crippen LogP contribution in [0.5, 0.6) is 0 Å². The molecule has 1 aliphatic rings. The molecule has 1 unspecified atom stereocenters. The van der Waals surface area contributed by atoms with Crippen LogP contribution in [0.3, 0.4) is 0 Å². The molecule has 0 radical (unpaired) electrons. The van der Waals surface area contributed by atoms with Crippen molar-refractivity contribution in [2.24, 2.45) is 0 Å². The molecule has 1 saturated heterocycles. The van der Waals surface area contributed by atoms with E-state index in [2.05, 4.69) is 15.0 Å². The summed E-state index contributed by atoms with van der Waals surface area (Å²) in [4.78, 5) is 12.2. The van der Waals surface area contributed by atoms with Crippen molar-refractivity contribution in [3.05, 3.63) is 17.8 Å². The highest BCUT2D eigenvalue weighted by Crippen LogP contribution is 2.34. The third-order valence-corrected chi connectivity index (χ3v) is 3.70. The van der Waals surface area contributed by atoms with Crippen LogP contribution in [0.25, 0.3) is 11.2 Å². The van der Waals surface area contributed by atoms with Crippen LogP contribution in [0.4, 0.5) is 0 Å². The zero-order valence-electron chi connectivity index (χ0n) is 12.2. The van der Waals surface area contributed by atoms with E-state index in [4.69, 9.17) is 21.1 Å². The first-order chi connectivity index (χ1) is 10.4. The SMILES string of the molecule is CC(C)(O)O[C@H]1CC(n2cnc3c(Cl)ncnc32)O[C@@H]1CO. The Morgan fingerprint density at radius 2 is 2.23 bits per heavy atom. The summed E-state index contributed by atoms with van der Waals surface area (Å²) in [7, 11) is 0. The second-order valence-electron chi connectivity index (χ2n) is 5.64. The topological polar surface area (TPSA) is 103 Å². The molecule has 2 aromatic rings. The fourth-order valence-corrected chi connectivity index (χ4v) is 2.74. The van der Waals surface area contributed by atoms with Gasteiger partial charge in [0.1, 0.15) is 24.2 Å². The number of rotatable bonds is 4. The molecule has 2 N–H and O–H groups in total. The van der Waals surface area contributed by atoms with Crippen molar-refractivity contribution >= 4 is 22.8 Å². The van der Waals surface area contributed by atoms with Crippen LogP contribution in [0.2, 0.25) is 5.15 Å². The molecule has 0 aliphatic carbocycles. The van der Waals surface area contributed by atoms with Gasteiger partial charge in [0.05, 0.1) is 19.0 Å². The standard InChI is InChI=1S/C13H17ClN4O4/c1-13(2,20)22-7-3-9(21-8(7)4-19)18-6-17-10-11(14)15-5-16-12(10)18/h5-9,19-20H,3-4H2,1-2H3/t7-,8+,9?/m0/s1. The summed E-state index contributed by atoms with van der Waals surface area (Å²) < 4.78 is 13.1. The summed E-state index contributed by atoms with van der Waals surface area (Å²) >= 11 is 5.98. The van der Waals surface area contributed by atoms with Gasteiger partial charge in [-0.25, -0.2) is 15.0 Å². The van der Waals surface area contributed by atoms with E-state index in [9.17, 15) is 10.2 Å². The smallest absolute Gasteiger partial charge is 0.166 e. The van der Waals surface area contributed by atoms with Gasteiger partial charge >= 0.3 is 0 Å². The number of aliphatic hydroxyl groups excluding tert-OH is 1. The zero-order chi connectivity index (χ0) is 15.9. The Kier molecular flexibility index (Phi) is 4.04. The molecule has 3 heterocycles. The number of nitrogens with zero attached hydrogens (tertiary/aromatic N) is 4. The molecule has 0 aromatic carbocycles. The molecule has 3 rings (SSSR count). The van der Waals surface area contributed by atoms with Gasteiger partial charge in [-0.05, 0) is 13.8 Å². The minimum Gasteiger partial charge on any atom is -0.394 e. The summed E-state index contributed by atoms with van der Waals surface area (Å²) in [6.45, 7) is 2.86. The van der Waals surface area contributed by atoms with Gasteiger partial charge in [0, 0.05) is 6.42 Å². The van der Waals surface area contributed by atoms with Crippen molar-refractivity contribution in [1.82, 2.24) is 19.5 Å². The molecule has 0 amide bonds. The molecular weight excluding hydrogens is 312 g/mol. The van der Waals surface area contributed by atoms with Crippen molar-refractivity contribution in [3.8, 4) is 0 Å². The molecule has 1 aliphatic heterocycles. The third kappa shape index (κ3) is 2.92. The van der Waals surface area contributed by atoms with Crippen molar-refractivity contribution in [2.75, 3.05) is 6.61 Å². The number of halogens is 1. The van der Waals surface area contributed by atoms with E-state index in [0.29, 0.717) is 17.6 Å². The number of imidazole rings is 1. The second-order valence-corrected chi connectivity index (χ2v) is 6.00. The van der Waals surface area contributed by atoms with Crippen molar-refractivity contribution in [3.63, 3.8) is 0 Å². The quantitative estimate of drug-likeness (QED) is 0.634. The molecule has 0 saturated carbocycles. The number of hydrogen-bond donors (Lipinski definition) is 2. The average Bonchev–Trinajstić information content (AvgIpc) is 3.01. The second kappa shape index (κ2) is 5.71. The first-order valence-corrected chi connectivity index (χ1v) is 7.26. The summed E-state index contributed by atoms with van der Waals surface area (Å²) in [6.07, 6.45) is 1.97. The number of fused-ring (bicyclic) bond motifs is 1. The van der Waals surface area contributed by atoms with Gasteiger partial charge < -0.3 is 19.7 Å². The zero-order valence-corrected chi connectivity index (χ0v) is 12.9. The number of ether oxygens (including phenoxy) is 2. The Morgan fingerprint density at radius 3 is 2.91 bits per heavy atom. The van der Waals surface area contributed by atoms with Crippen LogP contribution < -0.4 is 0 Å². The van der Waals surface area contributed by atoms with Gasteiger partial charge in [0.2, 0.25) is 0 Å². The van der Waals surface area contributed by atoms with Crippen LogP contribution in [-0.4, -0.2) is 54.3 Å². The maximum absolute atomic E-state index is 9.80. The Balaban J connectivity index is 1.87. The van der Waals surface area contributed by atoms with Crippen LogP contribution in [0, 0.1) is 0 Å². The van der Waals surface area contributed by atoms with Crippen LogP contribution >= 0.6 is 11.6 Å². The molecule has 9 heteroatoms. The lowest BCUT2D eigenvalue weighted by Gasteiger charge is -2.25. The number of hydrogen-bond acceptors (Lipinski definition) is 7. The van der Waals surface area contributed by atoms with Crippen LogP contribution in [-0.2, 0) is 9.47 Å². The Hall–Kier alpha value is -1.32. The molecule has 22 heavy (non-hydrogen) atoms. The lowest BCUT2D eigenvalue weighted by Crippen LogP contribution is -2.36. The molecule has 0 bridgehead atoms. The van der Waals surface area contributed by atoms with Gasteiger partial charge in [-0.15, -0.1) is 0 Å². The fourth-order valence-electron chi connectivity index (χ4n) is 2.56. The van der Waals surface area contributed by atoms with E-state index in [0.717, 1.165) is 0 Å². The van der Waals surface area contributed by atoms with E-state index in [1.807, 2.05) is 0 Å². The number of aliphatic hydroxyl groups is 2. The average molecular weight is 329 g/mol. The number of aromatic nitrogens is 4. The lowest BCUT2D eigenvalue weighted by molar-refractivity contribution is -0.216. The van der Waals surface area contributed by atoms with E-state index in [1.54, 1.807) is 10.9 Å². The summed E-state index contributed by atoms with van der Waals surface area (Å²) in [5, 5.41) is 19.5. The highest BCUT2D eigenvalue weighted by Gasteiger charge is 2.39. The molecule has 2 aromatic heterocycles. The lowest BCUT2D eigenvalue weighted by atomic mass is 10.1. The summed E-state index contributed by atoms with van der Waals surface area (Å²) in [6, 6.07) is 0. The largest absolute Gasteiger partial charge is 0.394 e. The first kappa shape index (κ1) is 15.6. The fraction of sp³-hybridized carbons (Fsp3) is 0.615. The van der Waals surface area contributed by atoms with Crippen molar-refractivity contribution in [2.45, 2.75) is 44.5 Å². The van der Waals surface area contributed by atoms with Gasteiger partial charge in [0.15, 0.2) is 16.6 Å². The monoisotopic (exact) mass is 328 g/mol. The van der Waals surface area contributed by atoms with Gasteiger partial charge in [0.25, 0.3) is 0 Å². The summed E-state index contributed by atoms with van der Waals surface area (Å²) in [5.74, 6) is -1.31. The minimum atomic E-state index is -1.31. The van der Waals surface area contributed by atoms with Crippen molar-refractivity contribution in [1.29, 1.82) is 0 Å². The predicted molar refractivity (Wildman–Crippen MR) is 77.1 cm³/mol. The van der Waals surface area contributed by atoms with E-state index in [1.165, 1.54) is 20.2 Å². The molecule has 1 fully saturated rings. The Labute approximate surface area is 131 Å². The Morgan fingerprint density at radius 1 is 1.45 bits per heavy atom. The summed E-state index contributed by atoms with van der Waals surface area (Å²) in [5.41, 5.74) is 1.03. The minimum absolute atomic E-state index is 0.209. The normalized spacial score (nSPS) is 26.0. The van der Waals surface area contributed by atoms with E-state index >= 15 is 0 Å². The predicted octanol–water partition coefficient (Wildman–Crippen LogP) is 0.873. The third-order valence-electron chi connectivity index (χ3n) is 3.42. The molecule has 3 atom stereocenters. The maximum Gasteiger partial charge on any atom is 0.166 e. The molecular formula is C13H17ClN4O4. The van der Waals surface area contributed by atoms with Gasteiger partial charge in [-0.1, -0.05) is 11.6 Å². The molecule has 0 spiro atoms. The highest BCUT2D eigenvalue weighted by atomic mass is 35.5. The van der Waals surface area contributed by atoms with E-state index < -0.39 is 24.2 Å². The van der Waals surface area contributed by atoms with Gasteiger partial charge in [-0.3, -0.25) is 4.57 Å². The highest BCUT2D eigenvalue weighted by molar-refractivity contribution is 6.33. The van der Waals surface area contributed by atoms with Crippen LogP contribution in [0.1, 0.15) is 26.5 Å². The van der Waals surface area contributed by atoms with Crippen molar-refractivity contribution < 1.29 is 19.7 Å². The molecule has 120 valence electrons. The van der Waals surface area contributed by atoms with Crippen LogP contribution in [0.15, 0.2) is 12.7 Å². The van der Waals surface area contributed by atoms with Gasteiger partial charge in [-0.2, -0.15) is 0 Å². The van der Waals surface area contributed by atoms with E-state index in [-0.39, 0.29) is 11.8 Å². The maximum atomic E-state index is 9.80. The first-order valence-electron chi connectivity index (χ1n) is 6.88. The molecule has 8 nitrogen and oxygen atoms in total.